The van der Waals surface area contributed by atoms with Crippen LogP contribution in [0.25, 0.3) is 11.1 Å². The molecule has 0 amide bonds. The summed E-state index contributed by atoms with van der Waals surface area (Å²) in [5.41, 5.74) is 5.90. The van der Waals surface area contributed by atoms with E-state index in [2.05, 4.69) is 56.6 Å². The maximum atomic E-state index is 13.4. The van der Waals surface area contributed by atoms with Crippen LogP contribution in [-0.4, -0.2) is 11.6 Å². The van der Waals surface area contributed by atoms with Gasteiger partial charge in [-0.25, -0.2) is 0 Å². The number of hydrogen-bond acceptors (Lipinski definition) is 4. The number of ketones is 2. The normalized spacial score (nSPS) is 22.8. The zero-order valence-electron chi connectivity index (χ0n) is 18.7. The molecule has 3 aliphatic rings. The molecule has 0 atom stereocenters. The molecule has 0 spiro atoms. The summed E-state index contributed by atoms with van der Waals surface area (Å²) in [5.74, 6) is 0.131. The lowest BCUT2D eigenvalue weighted by molar-refractivity contribution is -0.119. The molecular formula is C27H29NO2S. The van der Waals surface area contributed by atoms with Gasteiger partial charge in [0.05, 0.1) is 5.92 Å². The molecule has 31 heavy (non-hydrogen) atoms. The minimum Gasteiger partial charge on any atom is -0.362 e. The average molecular weight is 432 g/mol. The Bertz CT molecular complexity index is 1090. The summed E-state index contributed by atoms with van der Waals surface area (Å²) in [6.45, 7) is 8.63. The lowest BCUT2D eigenvalue weighted by Crippen LogP contribution is -2.42. The van der Waals surface area contributed by atoms with E-state index in [4.69, 9.17) is 0 Å². The molecule has 0 unspecified atom stereocenters. The largest absolute Gasteiger partial charge is 0.362 e. The predicted molar refractivity (Wildman–Crippen MR) is 126 cm³/mol. The summed E-state index contributed by atoms with van der Waals surface area (Å²) >= 11 is 1.67. The molecule has 1 aromatic heterocycles. The Morgan fingerprint density at radius 1 is 0.806 bits per heavy atom. The lowest BCUT2D eigenvalue weighted by atomic mass is 9.65. The molecule has 0 radical (unpaired) electrons. The van der Waals surface area contributed by atoms with Crippen LogP contribution in [0.15, 0.2) is 64.3 Å². The van der Waals surface area contributed by atoms with Crippen molar-refractivity contribution in [3.05, 3.63) is 69.2 Å². The van der Waals surface area contributed by atoms with Crippen LogP contribution in [0.1, 0.15) is 64.2 Å². The van der Waals surface area contributed by atoms with Gasteiger partial charge in [-0.3, -0.25) is 9.59 Å². The van der Waals surface area contributed by atoms with Crippen molar-refractivity contribution >= 4 is 22.9 Å². The fourth-order valence-corrected chi connectivity index (χ4v) is 6.49. The van der Waals surface area contributed by atoms with E-state index in [1.54, 1.807) is 11.3 Å². The summed E-state index contributed by atoms with van der Waals surface area (Å²) < 4.78 is 0. The molecule has 1 aromatic carbocycles. The first-order valence-corrected chi connectivity index (χ1v) is 11.9. The Labute approximate surface area is 188 Å². The Kier molecular flexibility index (Phi) is 4.63. The maximum Gasteiger partial charge on any atom is 0.162 e. The molecule has 1 N–H and O–H groups in total. The van der Waals surface area contributed by atoms with Crippen LogP contribution in [0.5, 0.6) is 0 Å². The Balaban J connectivity index is 1.66. The van der Waals surface area contributed by atoms with E-state index in [0.717, 1.165) is 51.4 Å². The molecule has 2 heterocycles. The van der Waals surface area contributed by atoms with E-state index in [1.807, 2.05) is 18.2 Å². The van der Waals surface area contributed by atoms with Crippen molar-refractivity contribution < 1.29 is 9.59 Å². The van der Waals surface area contributed by atoms with E-state index in [9.17, 15) is 9.59 Å². The van der Waals surface area contributed by atoms with Crippen LogP contribution < -0.4 is 5.32 Å². The molecular weight excluding hydrogens is 402 g/mol. The number of nitrogens with one attached hydrogen (secondary N) is 1. The smallest absolute Gasteiger partial charge is 0.162 e. The van der Waals surface area contributed by atoms with Crippen LogP contribution in [0.4, 0.5) is 0 Å². The van der Waals surface area contributed by atoms with Gasteiger partial charge in [0.15, 0.2) is 11.6 Å². The number of carbonyl (C=O) groups excluding carboxylic acids is 2. The standard InChI is InChI=1S/C27H29NO2S/c1-26(2)11-18-23(20(29)13-26)25(24-19(28-18)12-27(3,4)14-21(24)30)22-10-17(15-31-22)16-8-6-5-7-9-16/h5-10,15,25,28H,11-14H2,1-4H3. The van der Waals surface area contributed by atoms with Gasteiger partial charge in [0.2, 0.25) is 0 Å². The first kappa shape index (κ1) is 20.4. The third-order valence-corrected chi connectivity index (χ3v) is 7.73. The zero-order valence-corrected chi connectivity index (χ0v) is 19.5. The molecule has 1 aliphatic heterocycles. The molecule has 0 saturated heterocycles. The average Bonchev–Trinajstić information content (AvgIpc) is 3.15. The van der Waals surface area contributed by atoms with E-state index < -0.39 is 0 Å². The van der Waals surface area contributed by atoms with Gasteiger partial charge in [0.1, 0.15) is 0 Å². The number of Topliss-reactive ketones (excluding diaryl/α,β-unsaturated/α-hetero) is 2. The Morgan fingerprint density at radius 2 is 1.35 bits per heavy atom. The molecule has 3 nitrogen and oxygen atoms in total. The fraction of sp³-hybridized carbons (Fsp3) is 0.407. The molecule has 0 bridgehead atoms. The van der Waals surface area contributed by atoms with Crippen molar-refractivity contribution in [2.75, 3.05) is 0 Å². The third kappa shape index (κ3) is 3.61. The number of dihydropyridines is 1. The van der Waals surface area contributed by atoms with Crippen LogP contribution in [0, 0.1) is 10.8 Å². The summed E-state index contributed by atoms with van der Waals surface area (Å²) in [7, 11) is 0. The SMILES string of the molecule is CC1(C)CC(=O)C2=C(C1)NC1=C(C(=O)CC(C)(C)C1)C2c1cc(-c2ccccc2)cs1. The zero-order chi connectivity index (χ0) is 22.0. The number of carbonyl (C=O) groups is 2. The van der Waals surface area contributed by atoms with Gasteiger partial charge in [0, 0.05) is 40.3 Å². The number of rotatable bonds is 2. The second-order valence-corrected chi connectivity index (χ2v) is 11.8. The minimum atomic E-state index is -0.235. The van der Waals surface area contributed by atoms with Crippen LogP contribution in [0.3, 0.4) is 0 Å². The van der Waals surface area contributed by atoms with Crippen molar-refractivity contribution in [1.29, 1.82) is 0 Å². The maximum absolute atomic E-state index is 13.4. The Hall–Kier alpha value is -2.46. The van der Waals surface area contributed by atoms with Crippen LogP contribution in [-0.2, 0) is 9.59 Å². The molecule has 0 saturated carbocycles. The summed E-state index contributed by atoms with van der Waals surface area (Å²) in [4.78, 5) is 27.9. The summed E-state index contributed by atoms with van der Waals surface area (Å²) in [6.07, 6.45) is 2.74. The van der Waals surface area contributed by atoms with Crippen molar-refractivity contribution in [2.24, 2.45) is 10.8 Å². The molecule has 4 heteroatoms. The first-order chi connectivity index (χ1) is 14.6. The second-order valence-electron chi connectivity index (χ2n) is 10.8. The van der Waals surface area contributed by atoms with Gasteiger partial charge in [-0.2, -0.15) is 0 Å². The quantitative estimate of drug-likeness (QED) is 0.599. The number of thiophene rings is 1. The molecule has 2 aromatic rings. The molecule has 160 valence electrons. The van der Waals surface area contributed by atoms with Crippen molar-refractivity contribution in [3.8, 4) is 11.1 Å². The van der Waals surface area contributed by atoms with Crippen LogP contribution in [0.2, 0.25) is 0 Å². The van der Waals surface area contributed by atoms with Gasteiger partial charge < -0.3 is 5.32 Å². The highest BCUT2D eigenvalue weighted by atomic mass is 32.1. The van der Waals surface area contributed by atoms with E-state index in [1.165, 1.54) is 0 Å². The Morgan fingerprint density at radius 3 is 1.90 bits per heavy atom. The van der Waals surface area contributed by atoms with Crippen molar-refractivity contribution in [1.82, 2.24) is 5.32 Å². The van der Waals surface area contributed by atoms with Gasteiger partial charge in [-0.05, 0) is 46.2 Å². The van der Waals surface area contributed by atoms with E-state index >= 15 is 0 Å². The number of benzene rings is 1. The van der Waals surface area contributed by atoms with Crippen LogP contribution >= 0.6 is 11.3 Å². The van der Waals surface area contributed by atoms with Gasteiger partial charge in [-0.15, -0.1) is 11.3 Å². The monoisotopic (exact) mass is 431 g/mol. The molecule has 2 aliphatic carbocycles. The highest BCUT2D eigenvalue weighted by Crippen LogP contribution is 2.52. The highest BCUT2D eigenvalue weighted by molar-refractivity contribution is 7.10. The van der Waals surface area contributed by atoms with E-state index in [0.29, 0.717) is 12.8 Å². The second kappa shape index (κ2) is 7.03. The van der Waals surface area contributed by atoms with Crippen molar-refractivity contribution in [3.63, 3.8) is 0 Å². The summed E-state index contributed by atoms with van der Waals surface area (Å²) in [6, 6.07) is 12.5. The topological polar surface area (TPSA) is 46.2 Å². The molecule has 0 fully saturated rings. The van der Waals surface area contributed by atoms with E-state index in [-0.39, 0.29) is 28.3 Å². The number of allylic oxidation sites excluding steroid dienone is 4. The van der Waals surface area contributed by atoms with Gasteiger partial charge in [0.25, 0.3) is 0 Å². The lowest BCUT2D eigenvalue weighted by Gasteiger charge is -2.43. The first-order valence-electron chi connectivity index (χ1n) is 11.1. The number of hydrogen-bond donors (Lipinski definition) is 1. The summed E-state index contributed by atoms with van der Waals surface area (Å²) in [5, 5.41) is 5.74. The highest BCUT2D eigenvalue weighted by Gasteiger charge is 2.46. The molecule has 5 rings (SSSR count). The van der Waals surface area contributed by atoms with Gasteiger partial charge in [-0.1, -0.05) is 58.0 Å². The van der Waals surface area contributed by atoms with Gasteiger partial charge >= 0.3 is 0 Å². The predicted octanol–water partition coefficient (Wildman–Crippen LogP) is 6.39. The van der Waals surface area contributed by atoms with Crippen molar-refractivity contribution in [2.45, 2.75) is 59.3 Å². The fourth-order valence-electron chi connectivity index (χ4n) is 5.46. The minimum absolute atomic E-state index is 0.0651. The third-order valence-electron chi connectivity index (χ3n) is 6.73.